The van der Waals surface area contributed by atoms with Gasteiger partial charge in [0.15, 0.2) is 0 Å². The van der Waals surface area contributed by atoms with E-state index in [0.717, 1.165) is 18.8 Å². The van der Waals surface area contributed by atoms with Crippen molar-refractivity contribution >= 4 is 0 Å². The minimum absolute atomic E-state index is 0.210. The summed E-state index contributed by atoms with van der Waals surface area (Å²) in [5.41, 5.74) is 1.81. The van der Waals surface area contributed by atoms with E-state index in [9.17, 15) is 0 Å². The van der Waals surface area contributed by atoms with Crippen LogP contribution < -0.4 is 4.74 Å². The monoisotopic (exact) mass is 234 g/mol. The van der Waals surface area contributed by atoms with Gasteiger partial charge >= 0.3 is 0 Å². The van der Waals surface area contributed by atoms with Gasteiger partial charge in [0.2, 0.25) is 0 Å². The predicted octanol–water partition coefficient (Wildman–Crippen LogP) is 4.80. The van der Waals surface area contributed by atoms with E-state index >= 15 is 0 Å². The van der Waals surface area contributed by atoms with Crippen LogP contribution in [0.3, 0.4) is 0 Å². The Morgan fingerprint density at radius 3 is 1.88 bits per heavy atom. The van der Waals surface area contributed by atoms with E-state index in [1.807, 2.05) is 0 Å². The number of hydrogen-bond acceptors (Lipinski definition) is 1. The average molecular weight is 234 g/mol. The lowest BCUT2D eigenvalue weighted by Gasteiger charge is -2.23. The normalized spacial score (nSPS) is 12.6. The molecule has 1 aromatic carbocycles. The SMILES string of the molecule is CCC(C)(C)COc1ccc(C(C)(C)C)cc1. The van der Waals surface area contributed by atoms with E-state index in [1.165, 1.54) is 5.56 Å². The largest absolute Gasteiger partial charge is 0.493 e. The molecule has 1 aromatic rings. The lowest BCUT2D eigenvalue weighted by atomic mass is 9.87. The Labute approximate surface area is 106 Å². The van der Waals surface area contributed by atoms with Crippen molar-refractivity contribution in [2.75, 3.05) is 6.61 Å². The van der Waals surface area contributed by atoms with Crippen LogP contribution in [0.25, 0.3) is 0 Å². The van der Waals surface area contributed by atoms with E-state index in [-0.39, 0.29) is 10.8 Å². The summed E-state index contributed by atoms with van der Waals surface area (Å²) < 4.78 is 5.83. The zero-order chi connectivity index (χ0) is 13.1. The van der Waals surface area contributed by atoms with Crippen LogP contribution in [-0.2, 0) is 5.41 Å². The van der Waals surface area contributed by atoms with E-state index in [1.54, 1.807) is 0 Å². The summed E-state index contributed by atoms with van der Waals surface area (Å²) in [5.74, 6) is 0.972. The predicted molar refractivity (Wildman–Crippen MR) is 74.7 cm³/mol. The molecular weight excluding hydrogens is 208 g/mol. The molecule has 0 saturated heterocycles. The van der Waals surface area contributed by atoms with Gasteiger partial charge in [0, 0.05) is 0 Å². The highest BCUT2D eigenvalue weighted by atomic mass is 16.5. The molecule has 0 aromatic heterocycles. The van der Waals surface area contributed by atoms with Crippen LogP contribution in [0.4, 0.5) is 0 Å². The van der Waals surface area contributed by atoms with Gasteiger partial charge in [-0.25, -0.2) is 0 Å². The third kappa shape index (κ3) is 4.41. The van der Waals surface area contributed by atoms with Crippen molar-refractivity contribution in [3.8, 4) is 5.75 Å². The molecule has 0 spiro atoms. The van der Waals surface area contributed by atoms with E-state index < -0.39 is 0 Å². The van der Waals surface area contributed by atoms with Gasteiger partial charge in [-0.1, -0.05) is 53.7 Å². The Balaban J connectivity index is 2.64. The Morgan fingerprint density at radius 2 is 1.47 bits per heavy atom. The average Bonchev–Trinajstić information content (AvgIpc) is 2.26. The molecule has 0 aliphatic carbocycles. The number of rotatable bonds is 4. The highest BCUT2D eigenvalue weighted by Gasteiger charge is 2.16. The smallest absolute Gasteiger partial charge is 0.119 e. The highest BCUT2D eigenvalue weighted by molar-refractivity contribution is 5.31. The van der Waals surface area contributed by atoms with Gasteiger partial charge in [0.1, 0.15) is 5.75 Å². The standard InChI is InChI=1S/C16H26O/c1-7-16(5,6)12-17-14-10-8-13(9-11-14)15(2,3)4/h8-11H,7,12H2,1-6H3. The van der Waals surface area contributed by atoms with Crippen molar-refractivity contribution in [2.24, 2.45) is 5.41 Å². The van der Waals surface area contributed by atoms with Gasteiger partial charge in [0.25, 0.3) is 0 Å². The first-order valence-corrected chi connectivity index (χ1v) is 6.48. The van der Waals surface area contributed by atoms with Gasteiger partial charge in [-0.3, -0.25) is 0 Å². The first-order valence-electron chi connectivity index (χ1n) is 6.48. The summed E-state index contributed by atoms with van der Waals surface area (Å²) in [6.07, 6.45) is 1.13. The van der Waals surface area contributed by atoms with Gasteiger partial charge < -0.3 is 4.74 Å². The molecule has 0 unspecified atom stereocenters. The van der Waals surface area contributed by atoms with Crippen molar-refractivity contribution in [3.05, 3.63) is 29.8 Å². The second kappa shape index (κ2) is 5.12. The molecule has 0 amide bonds. The molecule has 17 heavy (non-hydrogen) atoms. The maximum absolute atomic E-state index is 5.83. The molecule has 0 aliphatic heterocycles. The lowest BCUT2D eigenvalue weighted by Crippen LogP contribution is -2.20. The van der Waals surface area contributed by atoms with Gasteiger partial charge in [0.05, 0.1) is 6.61 Å². The zero-order valence-corrected chi connectivity index (χ0v) is 12.1. The van der Waals surface area contributed by atoms with Crippen LogP contribution in [-0.4, -0.2) is 6.61 Å². The molecule has 0 bridgehead atoms. The molecule has 0 saturated carbocycles. The van der Waals surface area contributed by atoms with Crippen molar-refractivity contribution in [2.45, 2.75) is 53.4 Å². The molecule has 0 aliphatic rings. The van der Waals surface area contributed by atoms with Crippen molar-refractivity contribution in [3.63, 3.8) is 0 Å². The fraction of sp³-hybridized carbons (Fsp3) is 0.625. The quantitative estimate of drug-likeness (QED) is 0.727. The molecule has 0 radical (unpaired) electrons. The second-order valence-corrected chi connectivity index (χ2v) is 6.58. The van der Waals surface area contributed by atoms with Crippen molar-refractivity contribution in [1.82, 2.24) is 0 Å². The summed E-state index contributed by atoms with van der Waals surface area (Å²) in [5, 5.41) is 0. The van der Waals surface area contributed by atoms with Gasteiger partial charge in [-0.05, 0) is 34.9 Å². The van der Waals surface area contributed by atoms with Crippen LogP contribution in [0.5, 0.6) is 5.75 Å². The number of ether oxygens (including phenoxy) is 1. The molecule has 96 valence electrons. The van der Waals surface area contributed by atoms with Gasteiger partial charge in [-0.2, -0.15) is 0 Å². The summed E-state index contributed by atoms with van der Waals surface area (Å²) in [4.78, 5) is 0. The Bertz CT molecular complexity index is 341. The Hall–Kier alpha value is -0.980. The molecule has 0 heterocycles. The molecule has 1 rings (SSSR count). The zero-order valence-electron chi connectivity index (χ0n) is 12.1. The van der Waals surface area contributed by atoms with Crippen LogP contribution in [0, 0.1) is 5.41 Å². The molecule has 0 N–H and O–H groups in total. The number of hydrogen-bond donors (Lipinski definition) is 0. The minimum atomic E-state index is 0.210. The van der Waals surface area contributed by atoms with E-state index in [0.29, 0.717) is 0 Å². The second-order valence-electron chi connectivity index (χ2n) is 6.58. The summed E-state index contributed by atoms with van der Waals surface area (Å²) in [6, 6.07) is 8.47. The summed E-state index contributed by atoms with van der Waals surface area (Å²) >= 11 is 0. The Morgan fingerprint density at radius 1 is 0.941 bits per heavy atom. The van der Waals surface area contributed by atoms with Crippen molar-refractivity contribution in [1.29, 1.82) is 0 Å². The first kappa shape index (κ1) is 14.1. The molecular formula is C16H26O. The maximum Gasteiger partial charge on any atom is 0.119 e. The molecule has 0 atom stereocenters. The van der Waals surface area contributed by atoms with E-state index in [4.69, 9.17) is 4.74 Å². The van der Waals surface area contributed by atoms with Crippen LogP contribution >= 0.6 is 0 Å². The molecule has 0 fully saturated rings. The summed E-state index contributed by atoms with van der Waals surface area (Å²) in [7, 11) is 0. The summed E-state index contributed by atoms with van der Waals surface area (Å²) in [6.45, 7) is 14.1. The maximum atomic E-state index is 5.83. The topological polar surface area (TPSA) is 9.23 Å². The third-order valence-electron chi connectivity index (χ3n) is 3.31. The van der Waals surface area contributed by atoms with Crippen molar-refractivity contribution < 1.29 is 4.74 Å². The lowest BCUT2D eigenvalue weighted by molar-refractivity contribution is 0.175. The molecule has 1 nitrogen and oxygen atoms in total. The minimum Gasteiger partial charge on any atom is -0.493 e. The van der Waals surface area contributed by atoms with Crippen LogP contribution in [0.15, 0.2) is 24.3 Å². The third-order valence-corrected chi connectivity index (χ3v) is 3.31. The molecule has 1 heteroatoms. The fourth-order valence-corrected chi connectivity index (χ4v) is 1.43. The first-order chi connectivity index (χ1) is 7.74. The van der Waals surface area contributed by atoms with E-state index in [2.05, 4.69) is 65.8 Å². The highest BCUT2D eigenvalue weighted by Crippen LogP contribution is 2.26. The van der Waals surface area contributed by atoms with Gasteiger partial charge in [-0.15, -0.1) is 0 Å². The number of benzene rings is 1. The van der Waals surface area contributed by atoms with Crippen LogP contribution in [0.1, 0.15) is 53.5 Å². The Kier molecular flexibility index (Phi) is 4.24. The van der Waals surface area contributed by atoms with Crippen LogP contribution in [0.2, 0.25) is 0 Å². The fourth-order valence-electron chi connectivity index (χ4n) is 1.43.